The number of rotatable bonds is 1. The van der Waals surface area contributed by atoms with E-state index in [9.17, 15) is 9.90 Å². The van der Waals surface area contributed by atoms with Crippen molar-refractivity contribution >= 4 is 27.7 Å². The third kappa shape index (κ3) is 1.95. The Morgan fingerprint density at radius 2 is 2.22 bits per heavy atom. The molecule has 0 unspecified atom stereocenters. The van der Waals surface area contributed by atoms with Gasteiger partial charge in [0.25, 0.3) is 0 Å². The van der Waals surface area contributed by atoms with Gasteiger partial charge in [-0.3, -0.25) is 9.69 Å². The summed E-state index contributed by atoms with van der Waals surface area (Å²) in [6, 6.07) is 2.12. The van der Waals surface area contributed by atoms with E-state index in [2.05, 4.69) is 20.9 Å². The maximum absolute atomic E-state index is 12.1. The highest BCUT2D eigenvalue weighted by Gasteiger charge is 2.45. The van der Waals surface area contributed by atoms with Crippen LogP contribution in [0.2, 0.25) is 0 Å². The number of anilines is 1. The van der Waals surface area contributed by atoms with Gasteiger partial charge < -0.3 is 5.11 Å². The number of amides is 1. The molecule has 5 heteroatoms. The summed E-state index contributed by atoms with van der Waals surface area (Å²) in [5.74, 6) is 0.896. The topological polar surface area (TPSA) is 53.4 Å². The maximum Gasteiger partial charge on any atom is 0.228 e. The van der Waals surface area contributed by atoms with Gasteiger partial charge in [-0.1, -0.05) is 0 Å². The number of aromatic nitrogens is 1. The lowest BCUT2D eigenvalue weighted by Crippen LogP contribution is -2.57. The number of carbonyl (C=O) groups excluding carboxylic acids is 1. The quantitative estimate of drug-likeness (QED) is 0.863. The lowest BCUT2D eigenvalue weighted by Gasteiger charge is -2.47. The van der Waals surface area contributed by atoms with Crippen molar-refractivity contribution in [3.63, 3.8) is 0 Å². The van der Waals surface area contributed by atoms with E-state index in [-0.39, 0.29) is 11.9 Å². The van der Waals surface area contributed by atoms with Gasteiger partial charge in [0.2, 0.25) is 5.91 Å². The minimum absolute atomic E-state index is 0.0974. The molecule has 3 rings (SSSR count). The first-order chi connectivity index (χ1) is 8.46. The van der Waals surface area contributed by atoms with Crippen molar-refractivity contribution in [3.05, 3.63) is 22.3 Å². The van der Waals surface area contributed by atoms with E-state index in [1.54, 1.807) is 11.1 Å². The van der Waals surface area contributed by atoms with Crippen LogP contribution in [0, 0.1) is 0 Å². The van der Waals surface area contributed by atoms with E-state index in [0.717, 1.165) is 22.3 Å². The lowest BCUT2D eigenvalue weighted by atomic mass is 9.75. The number of nitrogens with zero attached hydrogens (tertiary/aromatic N) is 2. The Morgan fingerprint density at radius 3 is 2.89 bits per heavy atom. The zero-order chi connectivity index (χ0) is 12.9. The van der Waals surface area contributed by atoms with Crippen LogP contribution in [0.3, 0.4) is 0 Å². The molecule has 1 N–H and O–H groups in total. The van der Waals surface area contributed by atoms with Crippen molar-refractivity contribution in [2.24, 2.45) is 0 Å². The molecule has 18 heavy (non-hydrogen) atoms. The van der Waals surface area contributed by atoms with Crippen molar-refractivity contribution in [2.45, 2.75) is 44.2 Å². The Bertz CT molecular complexity index is 508. The number of aliphatic hydroxyl groups is 1. The molecule has 0 bridgehead atoms. The third-order valence-electron chi connectivity index (χ3n) is 3.73. The Kier molecular flexibility index (Phi) is 2.71. The fraction of sp³-hybridized carbons (Fsp3) is 0.538. The molecule has 0 radical (unpaired) electrons. The van der Waals surface area contributed by atoms with Gasteiger partial charge >= 0.3 is 0 Å². The van der Waals surface area contributed by atoms with Gasteiger partial charge in [0.1, 0.15) is 5.82 Å². The summed E-state index contributed by atoms with van der Waals surface area (Å²) in [7, 11) is 0. The lowest BCUT2D eigenvalue weighted by molar-refractivity contribution is -0.121. The standard InChI is InChI=1S/C13H15BrN2O2/c1-13(18)5-10(6-13)16-11(17)3-2-8-4-9(14)7-15-12(8)16/h4,7,10,18H,2-3,5-6H2,1H3. The molecule has 1 saturated carbocycles. The molecule has 0 aromatic carbocycles. The second-order valence-corrected chi connectivity index (χ2v) is 6.37. The summed E-state index contributed by atoms with van der Waals surface area (Å²) in [6.07, 6.45) is 4.27. The highest BCUT2D eigenvalue weighted by Crippen LogP contribution is 2.40. The second-order valence-electron chi connectivity index (χ2n) is 5.46. The van der Waals surface area contributed by atoms with Crippen LogP contribution < -0.4 is 4.90 Å². The van der Waals surface area contributed by atoms with Crippen LogP contribution >= 0.6 is 15.9 Å². The molecule has 0 atom stereocenters. The molecule has 1 aliphatic heterocycles. The minimum Gasteiger partial charge on any atom is -0.390 e. The van der Waals surface area contributed by atoms with E-state index in [4.69, 9.17) is 0 Å². The van der Waals surface area contributed by atoms with Crippen LogP contribution in [-0.2, 0) is 11.2 Å². The van der Waals surface area contributed by atoms with E-state index < -0.39 is 5.60 Å². The largest absolute Gasteiger partial charge is 0.390 e. The summed E-state index contributed by atoms with van der Waals surface area (Å²) in [6.45, 7) is 1.81. The van der Waals surface area contributed by atoms with Gasteiger partial charge in [-0.25, -0.2) is 4.98 Å². The van der Waals surface area contributed by atoms with E-state index in [1.165, 1.54) is 0 Å². The molecule has 1 aliphatic carbocycles. The second kappa shape index (κ2) is 4.03. The first-order valence-corrected chi connectivity index (χ1v) is 6.94. The van der Waals surface area contributed by atoms with Gasteiger partial charge in [0.05, 0.1) is 5.60 Å². The van der Waals surface area contributed by atoms with E-state index >= 15 is 0 Å². The van der Waals surface area contributed by atoms with Crippen molar-refractivity contribution in [3.8, 4) is 0 Å². The maximum atomic E-state index is 12.1. The number of hydrogen-bond donors (Lipinski definition) is 1. The minimum atomic E-state index is -0.627. The Morgan fingerprint density at radius 1 is 1.50 bits per heavy atom. The van der Waals surface area contributed by atoms with Crippen LogP contribution in [0.5, 0.6) is 0 Å². The van der Waals surface area contributed by atoms with Crippen LogP contribution in [0.15, 0.2) is 16.7 Å². The van der Waals surface area contributed by atoms with Gasteiger partial charge in [-0.2, -0.15) is 0 Å². The zero-order valence-corrected chi connectivity index (χ0v) is 11.8. The van der Waals surface area contributed by atoms with E-state index in [0.29, 0.717) is 19.3 Å². The molecular weight excluding hydrogens is 296 g/mol. The number of carbonyl (C=O) groups is 1. The summed E-state index contributed by atoms with van der Waals surface area (Å²) in [4.78, 5) is 18.2. The van der Waals surface area contributed by atoms with Gasteiger partial charge in [0.15, 0.2) is 0 Å². The molecule has 2 heterocycles. The van der Waals surface area contributed by atoms with Gasteiger partial charge in [-0.05, 0) is 53.7 Å². The van der Waals surface area contributed by atoms with Crippen LogP contribution in [0.25, 0.3) is 0 Å². The summed E-state index contributed by atoms with van der Waals surface area (Å²) < 4.78 is 0.941. The summed E-state index contributed by atoms with van der Waals surface area (Å²) >= 11 is 3.41. The van der Waals surface area contributed by atoms with Crippen LogP contribution in [0.4, 0.5) is 5.82 Å². The summed E-state index contributed by atoms with van der Waals surface area (Å²) in [5.41, 5.74) is 0.480. The molecular formula is C13H15BrN2O2. The fourth-order valence-electron chi connectivity index (χ4n) is 2.87. The molecule has 96 valence electrons. The van der Waals surface area contributed by atoms with Crippen molar-refractivity contribution < 1.29 is 9.90 Å². The Balaban J connectivity index is 1.93. The Labute approximate surface area is 114 Å². The molecule has 2 aliphatic rings. The van der Waals surface area contributed by atoms with Crippen LogP contribution in [-0.4, -0.2) is 27.6 Å². The van der Waals surface area contributed by atoms with Crippen molar-refractivity contribution in [2.75, 3.05) is 4.90 Å². The summed E-state index contributed by atoms with van der Waals surface area (Å²) in [5, 5.41) is 9.83. The molecule has 1 amide bonds. The first-order valence-electron chi connectivity index (χ1n) is 6.15. The SMILES string of the molecule is CC1(O)CC(N2C(=O)CCc3cc(Br)cnc32)C1. The molecule has 1 fully saturated rings. The normalized spacial score (nSPS) is 30.9. The highest BCUT2D eigenvalue weighted by molar-refractivity contribution is 9.10. The molecule has 1 aromatic heterocycles. The smallest absolute Gasteiger partial charge is 0.228 e. The Hall–Kier alpha value is -0.940. The number of aryl methyl sites for hydroxylation is 1. The average molecular weight is 311 g/mol. The zero-order valence-electron chi connectivity index (χ0n) is 10.2. The average Bonchev–Trinajstić information content (AvgIpc) is 2.26. The molecule has 0 spiro atoms. The van der Waals surface area contributed by atoms with Crippen molar-refractivity contribution in [1.82, 2.24) is 4.98 Å². The molecule has 1 aromatic rings. The molecule has 0 saturated heterocycles. The van der Waals surface area contributed by atoms with Crippen molar-refractivity contribution in [1.29, 1.82) is 0 Å². The van der Waals surface area contributed by atoms with Gasteiger partial charge in [0, 0.05) is 23.1 Å². The number of fused-ring (bicyclic) bond motifs is 1. The first kappa shape index (κ1) is 12.1. The molecule has 4 nitrogen and oxygen atoms in total. The fourth-order valence-corrected chi connectivity index (χ4v) is 3.25. The number of hydrogen-bond acceptors (Lipinski definition) is 3. The number of pyridine rings is 1. The predicted octanol–water partition coefficient (Wildman–Crippen LogP) is 2.04. The third-order valence-corrected chi connectivity index (χ3v) is 4.16. The van der Waals surface area contributed by atoms with Crippen LogP contribution in [0.1, 0.15) is 31.7 Å². The monoisotopic (exact) mass is 310 g/mol. The predicted molar refractivity (Wildman–Crippen MR) is 71.4 cm³/mol. The number of halogens is 1. The van der Waals surface area contributed by atoms with E-state index in [1.807, 2.05) is 13.0 Å². The highest BCUT2D eigenvalue weighted by atomic mass is 79.9. The van der Waals surface area contributed by atoms with Gasteiger partial charge in [-0.15, -0.1) is 0 Å².